The maximum Gasteiger partial charge on any atom is 0.317 e. The van der Waals surface area contributed by atoms with Gasteiger partial charge in [0.1, 0.15) is 5.41 Å². The Morgan fingerprint density at radius 2 is 2.13 bits per heavy atom. The zero-order valence-corrected chi connectivity index (χ0v) is 10.5. The molecule has 15 heavy (non-hydrogen) atoms. The highest BCUT2D eigenvalue weighted by atomic mass is 35.5. The highest BCUT2D eigenvalue weighted by Gasteiger charge is 2.68. The first-order valence-electron chi connectivity index (χ1n) is 4.78. The van der Waals surface area contributed by atoms with Crippen molar-refractivity contribution in [3.05, 3.63) is 21.3 Å². The normalized spacial score (nSPS) is 27.5. The molecule has 2 nitrogen and oxygen atoms in total. The molecule has 1 aromatic heterocycles. The van der Waals surface area contributed by atoms with Gasteiger partial charge in [-0.15, -0.1) is 11.3 Å². The molecule has 2 rings (SSSR count). The van der Waals surface area contributed by atoms with E-state index in [9.17, 15) is 4.79 Å². The molecular formula is C11H13ClO2S. The number of halogens is 1. The zero-order chi connectivity index (χ0) is 11.3. The van der Waals surface area contributed by atoms with Gasteiger partial charge in [-0.05, 0) is 24.0 Å². The van der Waals surface area contributed by atoms with Gasteiger partial charge in [-0.1, -0.05) is 25.4 Å². The lowest BCUT2D eigenvalue weighted by atomic mass is 9.94. The second kappa shape index (κ2) is 3.22. The van der Waals surface area contributed by atoms with E-state index in [1.165, 1.54) is 18.4 Å². The first-order chi connectivity index (χ1) is 6.94. The van der Waals surface area contributed by atoms with Crippen molar-refractivity contribution in [3.63, 3.8) is 0 Å². The van der Waals surface area contributed by atoms with Gasteiger partial charge in [0.15, 0.2) is 0 Å². The monoisotopic (exact) mass is 244 g/mol. The van der Waals surface area contributed by atoms with Gasteiger partial charge >= 0.3 is 5.97 Å². The minimum atomic E-state index is -0.459. The SMILES string of the molecule is COC(=O)C1(c2ccc(Cl)s2)CC1(C)C. The second-order valence-electron chi connectivity index (χ2n) is 4.56. The van der Waals surface area contributed by atoms with Crippen LogP contribution in [0.15, 0.2) is 12.1 Å². The Labute approximate surface area is 98.2 Å². The molecule has 1 fully saturated rings. The number of methoxy groups -OCH3 is 1. The highest BCUT2D eigenvalue weighted by molar-refractivity contribution is 7.16. The first kappa shape index (κ1) is 11.0. The van der Waals surface area contributed by atoms with Crippen LogP contribution in [0.2, 0.25) is 4.34 Å². The molecule has 1 heterocycles. The highest BCUT2D eigenvalue weighted by Crippen LogP contribution is 2.66. The molecule has 0 N–H and O–H groups in total. The number of carbonyl (C=O) groups excluding carboxylic acids is 1. The van der Waals surface area contributed by atoms with Crippen LogP contribution < -0.4 is 0 Å². The summed E-state index contributed by atoms with van der Waals surface area (Å²) in [4.78, 5) is 12.9. The molecule has 0 aliphatic heterocycles. The van der Waals surface area contributed by atoms with Gasteiger partial charge in [-0.25, -0.2) is 0 Å². The number of thiophene rings is 1. The molecule has 0 aromatic carbocycles. The van der Waals surface area contributed by atoms with Crippen molar-refractivity contribution in [1.82, 2.24) is 0 Å². The van der Waals surface area contributed by atoms with E-state index in [1.54, 1.807) is 0 Å². The third-order valence-corrected chi connectivity index (χ3v) is 4.66. The van der Waals surface area contributed by atoms with Crippen molar-refractivity contribution >= 4 is 28.9 Å². The van der Waals surface area contributed by atoms with Crippen molar-refractivity contribution in [2.75, 3.05) is 7.11 Å². The lowest BCUT2D eigenvalue weighted by molar-refractivity contribution is -0.144. The van der Waals surface area contributed by atoms with E-state index in [0.29, 0.717) is 0 Å². The Hall–Kier alpha value is -0.540. The van der Waals surface area contributed by atoms with Crippen molar-refractivity contribution in [2.45, 2.75) is 25.7 Å². The lowest BCUT2D eigenvalue weighted by Crippen LogP contribution is -2.26. The van der Waals surface area contributed by atoms with Crippen LogP contribution in [0.25, 0.3) is 0 Å². The largest absolute Gasteiger partial charge is 0.468 e. The van der Waals surface area contributed by atoms with E-state index in [0.717, 1.165) is 15.6 Å². The van der Waals surface area contributed by atoms with Crippen molar-refractivity contribution in [3.8, 4) is 0 Å². The van der Waals surface area contributed by atoms with Gasteiger partial charge in [0.05, 0.1) is 11.4 Å². The predicted octanol–water partition coefficient (Wildman–Crippen LogP) is 3.24. The fourth-order valence-corrected chi connectivity index (χ4v) is 3.61. The van der Waals surface area contributed by atoms with Gasteiger partial charge in [0, 0.05) is 4.88 Å². The number of hydrogen-bond donors (Lipinski definition) is 0. The maximum absolute atomic E-state index is 11.9. The van der Waals surface area contributed by atoms with Crippen LogP contribution in [0.1, 0.15) is 25.1 Å². The zero-order valence-electron chi connectivity index (χ0n) is 8.96. The molecule has 1 aliphatic rings. The maximum atomic E-state index is 11.9. The van der Waals surface area contributed by atoms with Crippen LogP contribution in [0.5, 0.6) is 0 Å². The summed E-state index contributed by atoms with van der Waals surface area (Å²) in [6, 6.07) is 3.76. The molecule has 0 bridgehead atoms. The summed E-state index contributed by atoms with van der Waals surface area (Å²) in [6.07, 6.45) is 0.837. The van der Waals surface area contributed by atoms with Gasteiger partial charge in [-0.3, -0.25) is 4.79 Å². The van der Waals surface area contributed by atoms with Crippen LogP contribution in [-0.2, 0) is 14.9 Å². The van der Waals surface area contributed by atoms with Gasteiger partial charge in [0.25, 0.3) is 0 Å². The van der Waals surface area contributed by atoms with Crippen molar-refractivity contribution in [1.29, 1.82) is 0 Å². The number of esters is 1. The predicted molar refractivity (Wildman–Crippen MR) is 61.4 cm³/mol. The van der Waals surface area contributed by atoms with Gasteiger partial charge < -0.3 is 4.74 Å². The topological polar surface area (TPSA) is 26.3 Å². The van der Waals surface area contributed by atoms with E-state index < -0.39 is 5.41 Å². The van der Waals surface area contributed by atoms with Crippen molar-refractivity contribution < 1.29 is 9.53 Å². The van der Waals surface area contributed by atoms with E-state index in [2.05, 4.69) is 13.8 Å². The molecule has 1 atom stereocenters. The summed E-state index contributed by atoms with van der Waals surface area (Å²) in [5.74, 6) is -0.147. The van der Waals surface area contributed by atoms with E-state index in [-0.39, 0.29) is 11.4 Å². The Bertz CT molecular complexity index is 410. The van der Waals surface area contributed by atoms with Crippen LogP contribution in [0.4, 0.5) is 0 Å². The minimum Gasteiger partial charge on any atom is -0.468 e. The molecule has 0 amide bonds. The van der Waals surface area contributed by atoms with E-state index in [1.807, 2.05) is 12.1 Å². The molecule has 4 heteroatoms. The molecule has 1 saturated carbocycles. The summed E-state index contributed by atoms with van der Waals surface area (Å²) in [6.45, 7) is 4.16. The fraction of sp³-hybridized carbons (Fsp3) is 0.545. The average Bonchev–Trinajstić information content (AvgIpc) is 2.56. The molecule has 0 spiro atoms. The molecule has 0 radical (unpaired) electrons. The van der Waals surface area contributed by atoms with E-state index >= 15 is 0 Å². The molecule has 1 aromatic rings. The number of hydrogen-bond acceptors (Lipinski definition) is 3. The van der Waals surface area contributed by atoms with Gasteiger partial charge in [-0.2, -0.15) is 0 Å². The van der Waals surface area contributed by atoms with Gasteiger partial charge in [0.2, 0.25) is 0 Å². The van der Waals surface area contributed by atoms with Crippen molar-refractivity contribution in [2.24, 2.45) is 5.41 Å². The smallest absolute Gasteiger partial charge is 0.317 e. The first-order valence-corrected chi connectivity index (χ1v) is 5.98. The Morgan fingerprint density at radius 1 is 1.53 bits per heavy atom. The summed E-state index contributed by atoms with van der Waals surface area (Å²) in [5.41, 5.74) is -0.478. The Morgan fingerprint density at radius 3 is 2.47 bits per heavy atom. The second-order valence-corrected chi connectivity index (χ2v) is 6.28. The van der Waals surface area contributed by atoms with Crippen LogP contribution in [-0.4, -0.2) is 13.1 Å². The van der Waals surface area contributed by atoms with Crippen LogP contribution >= 0.6 is 22.9 Å². The number of rotatable bonds is 2. The average molecular weight is 245 g/mol. The molecule has 82 valence electrons. The number of carbonyl (C=O) groups is 1. The summed E-state index contributed by atoms with van der Waals surface area (Å²) >= 11 is 7.37. The standard InChI is InChI=1S/C11H13ClO2S/c1-10(2)6-11(10,9(13)14-3)7-4-5-8(12)15-7/h4-5H,6H2,1-3H3. The van der Waals surface area contributed by atoms with Crippen LogP contribution in [0.3, 0.4) is 0 Å². The Balaban J connectivity index is 2.43. The van der Waals surface area contributed by atoms with E-state index in [4.69, 9.17) is 16.3 Å². The lowest BCUT2D eigenvalue weighted by Gasteiger charge is -2.15. The summed E-state index contributed by atoms with van der Waals surface area (Å²) in [5, 5.41) is 0. The van der Waals surface area contributed by atoms with Crippen LogP contribution in [0, 0.1) is 5.41 Å². The molecule has 0 saturated heterocycles. The molecule has 1 unspecified atom stereocenters. The number of ether oxygens (including phenoxy) is 1. The molecular weight excluding hydrogens is 232 g/mol. The third kappa shape index (κ3) is 1.41. The Kier molecular flexibility index (Phi) is 2.36. The summed E-state index contributed by atoms with van der Waals surface area (Å²) in [7, 11) is 1.44. The molecule has 1 aliphatic carbocycles. The quantitative estimate of drug-likeness (QED) is 0.747. The third-order valence-electron chi connectivity index (χ3n) is 3.27. The fourth-order valence-electron chi connectivity index (χ4n) is 2.21. The minimum absolute atomic E-state index is 0.0196. The summed E-state index contributed by atoms with van der Waals surface area (Å²) < 4.78 is 5.62.